The molecule has 82 valence electrons. The highest BCUT2D eigenvalue weighted by Gasteiger charge is 2.03. The summed E-state index contributed by atoms with van der Waals surface area (Å²) in [5, 5.41) is 9.38. The molecule has 16 heavy (non-hydrogen) atoms. The maximum Gasteiger partial charge on any atom is 0.116 e. The van der Waals surface area contributed by atoms with E-state index in [2.05, 4.69) is 0 Å². The zero-order chi connectivity index (χ0) is 11.5. The summed E-state index contributed by atoms with van der Waals surface area (Å²) in [5.41, 5.74) is 12.9. The second-order valence-electron chi connectivity index (χ2n) is 3.40. The van der Waals surface area contributed by atoms with E-state index in [9.17, 15) is 5.11 Å². The zero-order valence-electron chi connectivity index (χ0n) is 8.55. The summed E-state index contributed by atoms with van der Waals surface area (Å²) in [7, 11) is 0. The maximum absolute atomic E-state index is 9.38. The Hall–Kier alpha value is -1.81. The Morgan fingerprint density at radius 2 is 1.81 bits per heavy atom. The fraction of sp³-hybridized carbons (Fsp3) is 0. The lowest BCUT2D eigenvalue weighted by molar-refractivity contribution is 0.474. The van der Waals surface area contributed by atoms with Crippen molar-refractivity contribution in [1.82, 2.24) is 0 Å². The summed E-state index contributed by atoms with van der Waals surface area (Å²) >= 11 is 1.48. The SMILES string of the molecule is Nc1cccc(Sc2cc(O)ccc2N)c1. The molecule has 0 saturated carbocycles. The molecule has 0 bridgehead atoms. The predicted octanol–water partition coefficient (Wildman–Crippen LogP) is 2.71. The fourth-order valence-corrected chi connectivity index (χ4v) is 2.28. The summed E-state index contributed by atoms with van der Waals surface area (Å²) < 4.78 is 0. The van der Waals surface area contributed by atoms with Crippen molar-refractivity contribution in [2.75, 3.05) is 11.5 Å². The van der Waals surface area contributed by atoms with Crippen molar-refractivity contribution in [3.63, 3.8) is 0 Å². The van der Waals surface area contributed by atoms with E-state index < -0.39 is 0 Å². The summed E-state index contributed by atoms with van der Waals surface area (Å²) in [6.07, 6.45) is 0. The number of hydrogen-bond acceptors (Lipinski definition) is 4. The molecule has 0 aromatic heterocycles. The monoisotopic (exact) mass is 232 g/mol. The number of rotatable bonds is 2. The second kappa shape index (κ2) is 4.37. The first-order valence-electron chi connectivity index (χ1n) is 4.77. The number of aromatic hydroxyl groups is 1. The van der Waals surface area contributed by atoms with Gasteiger partial charge in [0, 0.05) is 21.2 Å². The van der Waals surface area contributed by atoms with Crippen LogP contribution in [0.15, 0.2) is 52.3 Å². The Balaban J connectivity index is 2.30. The van der Waals surface area contributed by atoms with E-state index in [1.165, 1.54) is 11.8 Å². The summed E-state index contributed by atoms with van der Waals surface area (Å²) in [6, 6.07) is 12.4. The van der Waals surface area contributed by atoms with Gasteiger partial charge in [0.2, 0.25) is 0 Å². The largest absolute Gasteiger partial charge is 0.508 e. The second-order valence-corrected chi connectivity index (χ2v) is 4.51. The van der Waals surface area contributed by atoms with Gasteiger partial charge in [0.25, 0.3) is 0 Å². The molecule has 5 N–H and O–H groups in total. The number of hydrogen-bond donors (Lipinski definition) is 3. The topological polar surface area (TPSA) is 72.3 Å². The smallest absolute Gasteiger partial charge is 0.116 e. The molecule has 0 radical (unpaired) electrons. The minimum absolute atomic E-state index is 0.209. The highest BCUT2D eigenvalue weighted by molar-refractivity contribution is 7.99. The molecule has 2 rings (SSSR count). The third-order valence-corrected chi connectivity index (χ3v) is 3.15. The molecule has 0 unspecified atom stereocenters. The van der Waals surface area contributed by atoms with Gasteiger partial charge in [0.1, 0.15) is 5.75 Å². The van der Waals surface area contributed by atoms with Crippen molar-refractivity contribution in [1.29, 1.82) is 0 Å². The van der Waals surface area contributed by atoms with Crippen LogP contribution in [0.4, 0.5) is 11.4 Å². The molecule has 0 aliphatic heterocycles. The van der Waals surface area contributed by atoms with E-state index >= 15 is 0 Å². The van der Waals surface area contributed by atoms with Gasteiger partial charge in [-0.3, -0.25) is 0 Å². The molecular formula is C12H12N2OS. The lowest BCUT2D eigenvalue weighted by Gasteiger charge is -2.06. The Labute approximate surface area is 98.1 Å². The summed E-state index contributed by atoms with van der Waals surface area (Å²) in [5.74, 6) is 0.209. The molecule has 3 nitrogen and oxygen atoms in total. The van der Waals surface area contributed by atoms with Crippen LogP contribution in [0, 0.1) is 0 Å². The Kier molecular flexibility index (Phi) is 2.92. The fourth-order valence-electron chi connectivity index (χ4n) is 1.32. The third kappa shape index (κ3) is 2.41. The molecule has 0 amide bonds. The van der Waals surface area contributed by atoms with Crippen molar-refractivity contribution in [3.05, 3.63) is 42.5 Å². The normalized spacial score (nSPS) is 10.2. The van der Waals surface area contributed by atoms with Crippen LogP contribution in [-0.4, -0.2) is 5.11 Å². The standard InChI is InChI=1S/C12H12N2OS/c13-8-2-1-3-10(6-8)16-12-7-9(15)4-5-11(12)14/h1-7,15H,13-14H2. The van der Waals surface area contributed by atoms with E-state index in [0.29, 0.717) is 11.4 Å². The molecule has 0 fully saturated rings. The van der Waals surface area contributed by atoms with Crippen LogP contribution in [-0.2, 0) is 0 Å². The average Bonchev–Trinajstić information content (AvgIpc) is 2.24. The lowest BCUT2D eigenvalue weighted by atomic mass is 10.3. The van der Waals surface area contributed by atoms with Gasteiger partial charge in [-0.15, -0.1) is 0 Å². The maximum atomic E-state index is 9.38. The third-order valence-electron chi connectivity index (χ3n) is 2.08. The number of anilines is 2. The average molecular weight is 232 g/mol. The first-order chi connectivity index (χ1) is 7.65. The highest BCUT2D eigenvalue weighted by Crippen LogP contribution is 2.34. The van der Waals surface area contributed by atoms with Gasteiger partial charge < -0.3 is 16.6 Å². The van der Waals surface area contributed by atoms with Gasteiger partial charge in [0.15, 0.2) is 0 Å². The molecule has 0 aliphatic rings. The van der Waals surface area contributed by atoms with Gasteiger partial charge in [-0.2, -0.15) is 0 Å². The minimum Gasteiger partial charge on any atom is -0.508 e. The molecule has 2 aromatic carbocycles. The lowest BCUT2D eigenvalue weighted by Crippen LogP contribution is -1.88. The first kappa shape index (κ1) is 10.7. The molecule has 2 aromatic rings. The van der Waals surface area contributed by atoms with Gasteiger partial charge >= 0.3 is 0 Å². The van der Waals surface area contributed by atoms with Gasteiger partial charge in [-0.25, -0.2) is 0 Å². The van der Waals surface area contributed by atoms with Crippen LogP contribution < -0.4 is 11.5 Å². The van der Waals surface area contributed by atoms with Crippen molar-refractivity contribution in [2.24, 2.45) is 0 Å². The number of benzene rings is 2. The van der Waals surface area contributed by atoms with Crippen molar-refractivity contribution in [3.8, 4) is 5.75 Å². The van der Waals surface area contributed by atoms with Gasteiger partial charge in [-0.1, -0.05) is 17.8 Å². The van der Waals surface area contributed by atoms with Gasteiger partial charge in [0.05, 0.1) is 0 Å². The highest BCUT2D eigenvalue weighted by atomic mass is 32.2. The van der Waals surface area contributed by atoms with Crippen molar-refractivity contribution >= 4 is 23.1 Å². The Morgan fingerprint density at radius 3 is 2.56 bits per heavy atom. The van der Waals surface area contributed by atoms with Crippen LogP contribution in [0.2, 0.25) is 0 Å². The van der Waals surface area contributed by atoms with Crippen LogP contribution in [0.1, 0.15) is 0 Å². The molecule has 0 aliphatic carbocycles. The van der Waals surface area contributed by atoms with E-state index in [1.54, 1.807) is 18.2 Å². The predicted molar refractivity (Wildman–Crippen MR) is 67.5 cm³/mol. The molecular weight excluding hydrogens is 220 g/mol. The molecule has 0 spiro atoms. The van der Waals surface area contributed by atoms with E-state index in [4.69, 9.17) is 11.5 Å². The van der Waals surface area contributed by atoms with E-state index in [-0.39, 0.29) is 5.75 Å². The Morgan fingerprint density at radius 1 is 1.00 bits per heavy atom. The molecule has 4 heteroatoms. The molecule has 0 saturated heterocycles. The first-order valence-corrected chi connectivity index (χ1v) is 5.59. The molecule has 0 heterocycles. The minimum atomic E-state index is 0.209. The van der Waals surface area contributed by atoms with Crippen LogP contribution in [0.25, 0.3) is 0 Å². The van der Waals surface area contributed by atoms with Crippen molar-refractivity contribution < 1.29 is 5.11 Å². The Bertz CT molecular complexity index is 514. The number of nitrogens with two attached hydrogens (primary N) is 2. The summed E-state index contributed by atoms with van der Waals surface area (Å²) in [4.78, 5) is 1.82. The van der Waals surface area contributed by atoms with Crippen LogP contribution in [0.5, 0.6) is 5.75 Å². The quantitative estimate of drug-likeness (QED) is 0.550. The molecule has 0 atom stereocenters. The number of phenols is 1. The number of phenolic OH excluding ortho intramolecular Hbond substituents is 1. The van der Waals surface area contributed by atoms with Crippen LogP contribution in [0.3, 0.4) is 0 Å². The zero-order valence-corrected chi connectivity index (χ0v) is 9.37. The summed E-state index contributed by atoms with van der Waals surface area (Å²) in [6.45, 7) is 0. The van der Waals surface area contributed by atoms with E-state index in [0.717, 1.165) is 9.79 Å². The number of nitrogen functional groups attached to an aromatic ring is 2. The van der Waals surface area contributed by atoms with E-state index in [1.807, 2.05) is 24.3 Å². The van der Waals surface area contributed by atoms with Crippen LogP contribution >= 0.6 is 11.8 Å². The van der Waals surface area contributed by atoms with Crippen molar-refractivity contribution in [2.45, 2.75) is 9.79 Å². The van der Waals surface area contributed by atoms with Gasteiger partial charge in [-0.05, 0) is 36.4 Å².